The first kappa shape index (κ1) is 26.4. The van der Waals surface area contributed by atoms with Crippen molar-refractivity contribution in [1.29, 1.82) is 0 Å². The van der Waals surface area contributed by atoms with E-state index in [0.717, 1.165) is 10.7 Å². The number of aromatic nitrogens is 1. The molecular formula is C16H27F3IN5O2S2. The molecule has 0 unspecified atom stereocenters. The zero-order valence-electron chi connectivity index (χ0n) is 16.5. The molecular weight excluding hydrogens is 542 g/mol. The van der Waals surface area contributed by atoms with Crippen LogP contribution in [-0.4, -0.2) is 55.9 Å². The average molecular weight is 569 g/mol. The topological polar surface area (TPSA) is 86.7 Å². The second-order valence-corrected chi connectivity index (χ2v) is 9.75. The van der Waals surface area contributed by atoms with Crippen LogP contribution in [0.1, 0.15) is 43.3 Å². The SMILES string of the molecule is CN=C(NCc1csc(C(C)C)n1)NCC1CCN(S(=O)(=O)C(F)(F)F)CC1.I. The molecule has 29 heavy (non-hydrogen) atoms. The van der Waals surface area contributed by atoms with E-state index < -0.39 is 15.5 Å². The number of rotatable bonds is 6. The molecule has 1 saturated heterocycles. The quantitative estimate of drug-likeness (QED) is 0.313. The molecule has 2 N–H and O–H groups in total. The van der Waals surface area contributed by atoms with E-state index in [1.165, 1.54) is 0 Å². The van der Waals surface area contributed by atoms with Crippen LogP contribution >= 0.6 is 35.3 Å². The Morgan fingerprint density at radius 3 is 2.45 bits per heavy atom. The average Bonchev–Trinajstić information content (AvgIpc) is 3.10. The monoisotopic (exact) mass is 569 g/mol. The second kappa shape index (κ2) is 11.1. The van der Waals surface area contributed by atoms with Crippen molar-refractivity contribution in [1.82, 2.24) is 19.9 Å². The normalized spacial score (nSPS) is 17.3. The molecule has 7 nitrogen and oxygen atoms in total. The lowest BCUT2D eigenvalue weighted by atomic mass is 9.98. The Labute approximate surface area is 190 Å². The van der Waals surface area contributed by atoms with Crippen LogP contribution in [0.5, 0.6) is 0 Å². The fourth-order valence-corrected chi connectivity index (χ4v) is 4.62. The molecule has 0 amide bonds. The minimum atomic E-state index is -5.24. The van der Waals surface area contributed by atoms with Gasteiger partial charge in [-0.05, 0) is 18.8 Å². The zero-order chi connectivity index (χ0) is 20.9. The molecule has 2 heterocycles. The number of aliphatic imine (C=N–C) groups is 1. The molecule has 0 saturated carbocycles. The van der Waals surface area contributed by atoms with Gasteiger partial charge in [-0.3, -0.25) is 4.99 Å². The van der Waals surface area contributed by atoms with Crippen LogP contribution in [0.3, 0.4) is 0 Å². The van der Waals surface area contributed by atoms with Crippen molar-refractivity contribution in [2.24, 2.45) is 10.9 Å². The van der Waals surface area contributed by atoms with Crippen molar-refractivity contribution in [2.45, 2.75) is 44.7 Å². The van der Waals surface area contributed by atoms with Gasteiger partial charge in [0.1, 0.15) is 0 Å². The van der Waals surface area contributed by atoms with Gasteiger partial charge in [-0.15, -0.1) is 35.3 Å². The number of thiazole rings is 1. The molecule has 13 heteroatoms. The molecule has 0 atom stereocenters. The van der Waals surface area contributed by atoms with Crippen LogP contribution in [0.2, 0.25) is 0 Å². The van der Waals surface area contributed by atoms with Crippen molar-refractivity contribution in [2.75, 3.05) is 26.7 Å². The molecule has 0 aromatic carbocycles. The van der Waals surface area contributed by atoms with Gasteiger partial charge in [-0.25, -0.2) is 13.4 Å². The summed E-state index contributed by atoms with van der Waals surface area (Å²) in [7, 11) is -3.60. The lowest BCUT2D eigenvalue weighted by Gasteiger charge is -2.31. The van der Waals surface area contributed by atoms with Crippen molar-refractivity contribution in [3.05, 3.63) is 16.1 Å². The first-order valence-corrected chi connectivity index (χ1v) is 11.3. The Hall–Kier alpha value is -0.670. The summed E-state index contributed by atoms with van der Waals surface area (Å²) in [6, 6.07) is 0. The van der Waals surface area contributed by atoms with Crippen LogP contribution in [0.25, 0.3) is 0 Å². The molecule has 1 aliphatic rings. The summed E-state index contributed by atoms with van der Waals surface area (Å²) in [5, 5.41) is 9.37. The van der Waals surface area contributed by atoms with Crippen LogP contribution in [0.15, 0.2) is 10.4 Å². The number of sulfonamides is 1. The van der Waals surface area contributed by atoms with Gasteiger partial charge in [-0.2, -0.15) is 17.5 Å². The molecule has 1 aromatic rings. The first-order chi connectivity index (χ1) is 13.0. The molecule has 2 rings (SSSR count). The van der Waals surface area contributed by atoms with Crippen LogP contribution in [0, 0.1) is 5.92 Å². The smallest absolute Gasteiger partial charge is 0.356 e. The number of hydrogen-bond donors (Lipinski definition) is 2. The number of guanidine groups is 1. The third-order valence-electron chi connectivity index (χ3n) is 4.49. The van der Waals surface area contributed by atoms with Gasteiger partial charge < -0.3 is 10.6 Å². The molecule has 0 bridgehead atoms. The van der Waals surface area contributed by atoms with E-state index in [2.05, 4.69) is 34.5 Å². The molecule has 0 spiro atoms. The number of hydrogen-bond acceptors (Lipinski definition) is 5. The predicted octanol–water partition coefficient (Wildman–Crippen LogP) is 3.11. The molecule has 0 radical (unpaired) electrons. The van der Waals surface area contributed by atoms with E-state index in [1.54, 1.807) is 18.4 Å². The summed E-state index contributed by atoms with van der Waals surface area (Å²) in [6.45, 7) is 4.94. The summed E-state index contributed by atoms with van der Waals surface area (Å²) in [4.78, 5) is 8.67. The molecule has 0 aliphatic carbocycles. The summed E-state index contributed by atoms with van der Waals surface area (Å²) < 4.78 is 61.2. The summed E-state index contributed by atoms with van der Waals surface area (Å²) in [6.07, 6.45) is 0.728. The van der Waals surface area contributed by atoms with Crippen LogP contribution < -0.4 is 10.6 Å². The number of piperidine rings is 1. The van der Waals surface area contributed by atoms with E-state index in [0.29, 0.717) is 42.1 Å². The summed E-state index contributed by atoms with van der Waals surface area (Å²) in [5.41, 5.74) is -4.32. The van der Waals surface area contributed by atoms with E-state index in [4.69, 9.17) is 0 Å². The largest absolute Gasteiger partial charge is 0.511 e. The van der Waals surface area contributed by atoms with E-state index >= 15 is 0 Å². The number of halogens is 4. The van der Waals surface area contributed by atoms with Crippen molar-refractivity contribution in [3.8, 4) is 0 Å². The maximum Gasteiger partial charge on any atom is 0.511 e. The Bertz CT molecular complexity index is 776. The minimum absolute atomic E-state index is 0. The van der Waals surface area contributed by atoms with Crippen molar-refractivity contribution < 1.29 is 21.6 Å². The fourth-order valence-electron chi connectivity index (χ4n) is 2.81. The summed E-state index contributed by atoms with van der Waals surface area (Å²) in [5.74, 6) is 1.03. The fraction of sp³-hybridized carbons (Fsp3) is 0.750. The molecule has 1 aromatic heterocycles. The second-order valence-electron chi connectivity index (χ2n) is 6.93. The lowest BCUT2D eigenvalue weighted by molar-refractivity contribution is -0.0496. The predicted molar refractivity (Wildman–Crippen MR) is 119 cm³/mol. The Morgan fingerprint density at radius 2 is 1.97 bits per heavy atom. The van der Waals surface area contributed by atoms with E-state index in [-0.39, 0.29) is 43.0 Å². The van der Waals surface area contributed by atoms with Gasteiger partial charge in [0.15, 0.2) is 5.96 Å². The van der Waals surface area contributed by atoms with Gasteiger partial charge >= 0.3 is 15.5 Å². The Kier molecular flexibility index (Phi) is 10.1. The maximum atomic E-state index is 12.6. The molecule has 1 fully saturated rings. The van der Waals surface area contributed by atoms with Crippen LogP contribution in [-0.2, 0) is 16.6 Å². The number of nitrogens with zero attached hydrogens (tertiary/aromatic N) is 3. The van der Waals surface area contributed by atoms with Gasteiger partial charge in [0, 0.05) is 38.0 Å². The molecule has 1 aliphatic heterocycles. The third kappa shape index (κ3) is 7.21. The minimum Gasteiger partial charge on any atom is -0.356 e. The highest BCUT2D eigenvalue weighted by atomic mass is 127. The van der Waals surface area contributed by atoms with Crippen molar-refractivity contribution >= 4 is 51.3 Å². The van der Waals surface area contributed by atoms with Gasteiger partial charge in [-0.1, -0.05) is 13.8 Å². The highest BCUT2D eigenvalue weighted by Gasteiger charge is 2.50. The maximum absolute atomic E-state index is 12.6. The van der Waals surface area contributed by atoms with Crippen LogP contribution in [0.4, 0.5) is 13.2 Å². The van der Waals surface area contributed by atoms with E-state index in [9.17, 15) is 21.6 Å². The van der Waals surface area contributed by atoms with Gasteiger partial charge in [0.2, 0.25) is 0 Å². The highest BCUT2D eigenvalue weighted by Crippen LogP contribution is 2.30. The molecule has 168 valence electrons. The zero-order valence-corrected chi connectivity index (χ0v) is 20.5. The number of alkyl halides is 3. The van der Waals surface area contributed by atoms with Crippen molar-refractivity contribution in [3.63, 3.8) is 0 Å². The van der Waals surface area contributed by atoms with Gasteiger partial charge in [0.05, 0.1) is 17.2 Å². The summed E-state index contributed by atoms with van der Waals surface area (Å²) >= 11 is 1.61. The van der Waals surface area contributed by atoms with E-state index in [1.807, 2.05) is 5.38 Å². The Morgan fingerprint density at radius 1 is 1.34 bits per heavy atom. The first-order valence-electron chi connectivity index (χ1n) is 8.99. The Balaban J connectivity index is 0.00000420. The number of nitrogens with one attached hydrogen (secondary N) is 2. The third-order valence-corrected chi connectivity index (χ3v) is 7.31. The van der Waals surface area contributed by atoms with Gasteiger partial charge in [0.25, 0.3) is 0 Å². The standard InChI is InChI=1S/C16H26F3N5O2S2.HI/c1-11(2)14-23-13(10-27-14)9-22-15(20-3)21-8-12-4-6-24(7-5-12)28(25,26)16(17,18)19;/h10-12H,4-9H2,1-3H3,(H2,20,21,22);1H. The lowest BCUT2D eigenvalue weighted by Crippen LogP contribution is -2.47. The highest BCUT2D eigenvalue weighted by molar-refractivity contribution is 14.0.